The Bertz CT molecular complexity index is 398. The molecule has 1 aromatic rings. The van der Waals surface area contributed by atoms with E-state index < -0.39 is 0 Å². The van der Waals surface area contributed by atoms with Gasteiger partial charge in [0.1, 0.15) is 6.26 Å². The Morgan fingerprint density at radius 1 is 1.00 bits per heavy atom. The van der Waals surface area contributed by atoms with E-state index in [1.807, 2.05) is 30.3 Å². The summed E-state index contributed by atoms with van der Waals surface area (Å²) < 4.78 is 9.87. The minimum Gasteiger partial charge on any atom is -0.478 e. The summed E-state index contributed by atoms with van der Waals surface area (Å²) in [5.41, 5.74) is 1.21. The lowest BCUT2D eigenvalue weighted by atomic mass is 10.2. The molecule has 4 nitrogen and oxygen atoms in total. The molecule has 1 aromatic carbocycles. The van der Waals surface area contributed by atoms with Gasteiger partial charge in [-0.2, -0.15) is 0 Å². The molecule has 84 valence electrons. The summed E-state index contributed by atoms with van der Waals surface area (Å²) >= 11 is 0. The SMILES string of the molecule is OC1=COC(CNCc2ccccc2)=CO1. The van der Waals surface area contributed by atoms with E-state index in [0.717, 1.165) is 6.54 Å². The fourth-order valence-electron chi connectivity index (χ4n) is 1.32. The lowest BCUT2D eigenvalue weighted by molar-refractivity contribution is 0.113. The van der Waals surface area contributed by atoms with Gasteiger partial charge in [0.15, 0.2) is 12.0 Å². The zero-order valence-electron chi connectivity index (χ0n) is 8.72. The Hall–Kier alpha value is -1.94. The van der Waals surface area contributed by atoms with Gasteiger partial charge in [0.25, 0.3) is 0 Å². The van der Waals surface area contributed by atoms with Gasteiger partial charge < -0.3 is 19.9 Å². The molecule has 1 aliphatic heterocycles. The topological polar surface area (TPSA) is 50.7 Å². The maximum absolute atomic E-state index is 8.88. The van der Waals surface area contributed by atoms with Gasteiger partial charge in [0, 0.05) is 6.54 Å². The Labute approximate surface area is 93.8 Å². The number of aliphatic hydroxyl groups is 1. The first-order valence-corrected chi connectivity index (χ1v) is 5.01. The van der Waals surface area contributed by atoms with Gasteiger partial charge in [-0.05, 0) is 5.56 Å². The molecule has 4 heteroatoms. The molecule has 0 aromatic heterocycles. The van der Waals surface area contributed by atoms with Crippen LogP contribution in [0, 0.1) is 0 Å². The first-order valence-electron chi connectivity index (χ1n) is 5.01. The van der Waals surface area contributed by atoms with Crippen LogP contribution in [0.5, 0.6) is 0 Å². The molecule has 16 heavy (non-hydrogen) atoms. The van der Waals surface area contributed by atoms with Crippen molar-refractivity contribution in [2.75, 3.05) is 6.54 Å². The molecule has 0 unspecified atom stereocenters. The minimum atomic E-state index is -0.230. The Balaban J connectivity index is 1.73. The molecular weight excluding hydrogens is 206 g/mol. The molecule has 0 fully saturated rings. The lowest BCUT2D eigenvalue weighted by Crippen LogP contribution is -2.18. The van der Waals surface area contributed by atoms with Crippen molar-refractivity contribution in [3.05, 3.63) is 60.1 Å². The first-order chi connectivity index (χ1) is 7.84. The summed E-state index contributed by atoms with van der Waals surface area (Å²) in [6, 6.07) is 10.1. The third kappa shape index (κ3) is 3.03. The zero-order valence-corrected chi connectivity index (χ0v) is 8.72. The predicted octanol–water partition coefficient (Wildman–Crippen LogP) is 2.02. The van der Waals surface area contributed by atoms with Crippen LogP contribution in [0.1, 0.15) is 5.56 Å². The predicted molar refractivity (Wildman–Crippen MR) is 59.1 cm³/mol. The molecule has 2 rings (SSSR count). The van der Waals surface area contributed by atoms with Gasteiger partial charge in [-0.1, -0.05) is 30.3 Å². The Kier molecular flexibility index (Phi) is 3.46. The second kappa shape index (κ2) is 5.23. The number of aliphatic hydroxyl groups excluding tert-OH is 1. The lowest BCUT2D eigenvalue weighted by Gasteiger charge is -2.12. The third-order valence-electron chi connectivity index (χ3n) is 2.09. The van der Waals surface area contributed by atoms with Crippen molar-refractivity contribution in [1.82, 2.24) is 5.32 Å². The van der Waals surface area contributed by atoms with Crippen LogP contribution in [0.2, 0.25) is 0 Å². The van der Waals surface area contributed by atoms with Crippen LogP contribution in [-0.4, -0.2) is 11.7 Å². The van der Waals surface area contributed by atoms with Gasteiger partial charge in [-0.25, -0.2) is 0 Å². The maximum atomic E-state index is 8.88. The Morgan fingerprint density at radius 2 is 1.81 bits per heavy atom. The number of hydrogen-bond donors (Lipinski definition) is 2. The number of hydrogen-bond acceptors (Lipinski definition) is 4. The van der Waals surface area contributed by atoms with E-state index in [1.54, 1.807) is 0 Å². The van der Waals surface area contributed by atoms with E-state index in [9.17, 15) is 0 Å². The van der Waals surface area contributed by atoms with Crippen LogP contribution >= 0.6 is 0 Å². The highest BCUT2D eigenvalue weighted by Gasteiger charge is 2.05. The maximum Gasteiger partial charge on any atom is 0.318 e. The van der Waals surface area contributed by atoms with Crippen molar-refractivity contribution in [3.8, 4) is 0 Å². The normalized spacial score (nSPS) is 14.5. The van der Waals surface area contributed by atoms with E-state index in [-0.39, 0.29) is 5.95 Å². The third-order valence-corrected chi connectivity index (χ3v) is 2.09. The fourth-order valence-corrected chi connectivity index (χ4v) is 1.32. The number of ether oxygens (including phenoxy) is 2. The van der Waals surface area contributed by atoms with Crippen LogP contribution in [-0.2, 0) is 16.0 Å². The van der Waals surface area contributed by atoms with Gasteiger partial charge >= 0.3 is 5.95 Å². The highest BCUT2D eigenvalue weighted by molar-refractivity contribution is 5.14. The van der Waals surface area contributed by atoms with Crippen molar-refractivity contribution in [2.45, 2.75) is 6.54 Å². The molecule has 1 aliphatic rings. The average molecular weight is 219 g/mol. The highest BCUT2D eigenvalue weighted by atomic mass is 16.6. The Morgan fingerprint density at radius 3 is 2.50 bits per heavy atom. The van der Waals surface area contributed by atoms with Crippen LogP contribution in [0.3, 0.4) is 0 Å². The molecule has 2 N–H and O–H groups in total. The highest BCUT2D eigenvalue weighted by Crippen LogP contribution is 2.08. The zero-order chi connectivity index (χ0) is 11.2. The quantitative estimate of drug-likeness (QED) is 0.813. The van der Waals surface area contributed by atoms with Crippen LogP contribution < -0.4 is 5.32 Å². The van der Waals surface area contributed by atoms with Gasteiger partial charge in [-0.15, -0.1) is 0 Å². The summed E-state index contributed by atoms with van der Waals surface area (Å²) in [6.07, 6.45) is 2.55. The molecule has 0 bridgehead atoms. The van der Waals surface area contributed by atoms with Crippen molar-refractivity contribution < 1.29 is 14.6 Å². The molecule has 1 heterocycles. The summed E-state index contributed by atoms with van der Waals surface area (Å²) in [5, 5.41) is 12.1. The molecule has 0 radical (unpaired) electrons. The van der Waals surface area contributed by atoms with Crippen molar-refractivity contribution >= 4 is 0 Å². The van der Waals surface area contributed by atoms with Gasteiger partial charge in [-0.3, -0.25) is 0 Å². The van der Waals surface area contributed by atoms with Crippen molar-refractivity contribution in [3.63, 3.8) is 0 Å². The molecule has 0 saturated heterocycles. The first kappa shape index (κ1) is 10.6. The fraction of sp³-hybridized carbons (Fsp3) is 0.167. The summed E-state index contributed by atoms with van der Waals surface area (Å²) in [6.45, 7) is 1.32. The van der Waals surface area contributed by atoms with E-state index in [2.05, 4.69) is 5.32 Å². The van der Waals surface area contributed by atoms with E-state index in [1.165, 1.54) is 18.1 Å². The monoisotopic (exact) mass is 219 g/mol. The molecule has 0 saturated carbocycles. The molecule has 0 spiro atoms. The minimum absolute atomic E-state index is 0.230. The summed E-state index contributed by atoms with van der Waals surface area (Å²) in [5.74, 6) is 0.403. The number of nitrogens with one attached hydrogen (secondary N) is 1. The second-order valence-corrected chi connectivity index (χ2v) is 3.37. The van der Waals surface area contributed by atoms with Crippen LogP contribution in [0.4, 0.5) is 0 Å². The van der Waals surface area contributed by atoms with Crippen molar-refractivity contribution in [2.24, 2.45) is 0 Å². The smallest absolute Gasteiger partial charge is 0.318 e. The van der Waals surface area contributed by atoms with Gasteiger partial charge in [0.05, 0.1) is 6.54 Å². The van der Waals surface area contributed by atoms with Crippen molar-refractivity contribution in [1.29, 1.82) is 0 Å². The number of benzene rings is 1. The number of rotatable bonds is 4. The average Bonchev–Trinajstić information content (AvgIpc) is 2.33. The largest absolute Gasteiger partial charge is 0.478 e. The molecule has 0 amide bonds. The summed E-state index contributed by atoms with van der Waals surface area (Å²) in [4.78, 5) is 0. The summed E-state index contributed by atoms with van der Waals surface area (Å²) in [7, 11) is 0. The second-order valence-electron chi connectivity index (χ2n) is 3.37. The standard InChI is InChI=1S/C12H13NO3/c14-12-9-15-11(8-16-12)7-13-6-10-4-2-1-3-5-10/h1-5,8-9,13-14H,6-7H2. The molecular formula is C12H13NO3. The van der Waals surface area contributed by atoms with Gasteiger partial charge in [0.2, 0.25) is 0 Å². The van der Waals surface area contributed by atoms with E-state index >= 15 is 0 Å². The van der Waals surface area contributed by atoms with E-state index in [0.29, 0.717) is 12.3 Å². The molecule has 0 atom stereocenters. The van der Waals surface area contributed by atoms with E-state index in [4.69, 9.17) is 14.6 Å². The molecule has 0 aliphatic carbocycles. The van der Waals surface area contributed by atoms with Crippen LogP contribution in [0.25, 0.3) is 0 Å². The van der Waals surface area contributed by atoms with Crippen LogP contribution in [0.15, 0.2) is 54.6 Å².